The number of benzene rings is 3. The number of hydrogen-bond acceptors (Lipinski definition) is 6. The highest BCUT2D eigenvalue weighted by atomic mass is 35.5. The first-order valence-corrected chi connectivity index (χ1v) is 11.9. The minimum Gasteiger partial charge on any atom is -0.494 e. The van der Waals surface area contributed by atoms with E-state index in [0.29, 0.717) is 22.6 Å². The Kier molecular flexibility index (Phi) is 7.95. The van der Waals surface area contributed by atoms with Gasteiger partial charge in [0.2, 0.25) is 0 Å². The predicted molar refractivity (Wildman–Crippen MR) is 136 cm³/mol. The smallest absolute Gasteiger partial charge is 0.250 e. The molecule has 0 spiro atoms. The summed E-state index contributed by atoms with van der Waals surface area (Å²) in [6.45, 7) is 2.54. The van der Waals surface area contributed by atoms with Gasteiger partial charge in [-0.25, -0.2) is 5.43 Å². The molecule has 0 aliphatic rings. The van der Waals surface area contributed by atoms with Gasteiger partial charge in [0.05, 0.1) is 18.6 Å². The van der Waals surface area contributed by atoms with Crippen LogP contribution in [0.25, 0.3) is 17.1 Å². The molecule has 0 saturated heterocycles. The third-order valence-electron chi connectivity index (χ3n) is 4.68. The van der Waals surface area contributed by atoms with Gasteiger partial charge < -0.3 is 4.74 Å². The molecule has 1 N–H and O–H groups in total. The molecule has 0 bridgehead atoms. The molecule has 34 heavy (non-hydrogen) atoms. The molecular formula is C25H22ClN5O2S. The second-order valence-electron chi connectivity index (χ2n) is 7.07. The molecule has 1 aromatic heterocycles. The lowest BCUT2D eigenvalue weighted by molar-refractivity contribution is -0.118. The molecule has 1 amide bonds. The van der Waals surface area contributed by atoms with Crippen LogP contribution in [0.3, 0.4) is 0 Å². The Morgan fingerprint density at radius 2 is 1.79 bits per heavy atom. The highest BCUT2D eigenvalue weighted by Crippen LogP contribution is 2.28. The molecule has 0 unspecified atom stereocenters. The molecule has 0 radical (unpaired) electrons. The van der Waals surface area contributed by atoms with Crippen molar-refractivity contribution in [3.05, 3.63) is 89.4 Å². The van der Waals surface area contributed by atoms with Gasteiger partial charge in [0, 0.05) is 16.3 Å². The van der Waals surface area contributed by atoms with Crippen molar-refractivity contribution in [3.63, 3.8) is 0 Å². The summed E-state index contributed by atoms with van der Waals surface area (Å²) in [6, 6.07) is 24.7. The summed E-state index contributed by atoms with van der Waals surface area (Å²) in [7, 11) is 0. The lowest BCUT2D eigenvalue weighted by Crippen LogP contribution is -2.20. The number of carbonyl (C=O) groups excluding carboxylic acids is 1. The second-order valence-corrected chi connectivity index (χ2v) is 8.45. The van der Waals surface area contributed by atoms with Gasteiger partial charge in [0.15, 0.2) is 11.0 Å². The summed E-state index contributed by atoms with van der Waals surface area (Å²) < 4.78 is 7.49. The van der Waals surface area contributed by atoms with Crippen molar-refractivity contribution in [2.75, 3.05) is 12.4 Å². The largest absolute Gasteiger partial charge is 0.494 e. The summed E-state index contributed by atoms with van der Waals surface area (Å²) in [6.07, 6.45) is 1.56. The Morgan fingerprint density at radius 3 is 2.50 bits per heavy atom. The fourth-order valence-electron chi connectivity index (χ4n) is 3.12. The molecule has 1 heterocycles. The highest BCUT2D eigenvalue weighted by molar-refractivity contribution is 7.99. The van der Waals surface area contributed by atoms with E-state index in [1.807, 2.05) is 78.2 Å². The van der Waals surface area contributed by atoms with Crippen molar-refractivity contribution in [1.82, 2.24) is 20.2 Å². The van der Waals surface area contributed by atoms with Crippen molar-refractivity contribution < 1.29 is 9.53 Å². The van der Waals surface area contributed by atoms with E-state index in [0.717, 1.165) is 22.6 Å². The summed E-state index contributed by atoms with van der Waals surface area (Å²) in [4.78, 5) is 12.4. The lowest BCUT2D eigenvalue weighted by atomic mass is 10.2. The van der Waals surface area contributed by atoms with Gasteiger partial charge in [-0.15, -0.1) is 10.2 Å². The minimum atomic E-state index is -0.252. The van der Waals surface area contributed by atoms with Gasteiger partial charge in [-0.05, 0) is 48.9 Å². The van der Waals surface area contributed by atoms with E-state index in [9.17, 15) is 4.79 Å². The van der Waals surface area contributed by atoms with Crippen LogP contribution in [0.4, 0.5) is 0 Å². The summed E-state index contributed by atoms with van der Waals surface area (Å²) in [5.41, 5.74) is 5.17. The molecule has 3 aromatic carbocycles. The fourth-order valence-corrected chi connectivity index (χ4v) is 3.99. The summed E-state index contributed by atoms with van der Waals surface area (Å²) >= 11 is 7.16. The number of hydrazone groups is 1. The Balaban J connectivity index is 1.50. The van der Waals surface area contributed by atoms with Crippen LogP contribution in [-0.2, 0) is 4.79 Å². The van der Waals surface area contributed by atoms with E-state index < -0.39 is 0 Å². The van der Waals surface area contributed by atoms with Crippen LogP contribution in [0.15, 0.2) is 89.1 Å². The molecule has 0 saturated carbocycles. The Morgan fingerprint density at radius 1 is 1.06 bits per heavy atom. The number of hydrogen-bond donors (Lipinski definition) is 1. The second kappa shape index (κ2) is 11.5. The SMILES string of the molecule is CCOc1ccc(-n2c(SCC(=O)NN=Cc3ccc(Cl)cc3)nnc2-c2ccccc2)cc1. The van der Waals surface area contributed by atoms with E-state index in [1.165, 1.54) is 11.8 Å². The third-order valence-corrected chi connectivity index (χ3v) is 5.86. The average molecular weight is 492 g/mol. The quantitative estimate of drug-likeness (QED) is 0.197. The molecule has 4 rings (SSSR count). The van der Waals surface area contributed by atoms with Crippen LogP contribution in [0, 0.1) is 0 Å². The van der Waals surface area contributed by atoms with E-state index >= 15 is 0 Å². The van der Waals surface area contributed by atoms with Crippen molar-refractivity contribution in [1.29, 1.82) is 0 Å². The maximum absolute atomic E-state index is 12.4. The van der Waals surface area contributed by atoms with Gasteiger partial charge in [-0.1, -0.05) is 65.8 Å². The number of ether oxygens (including phenoxy) is 1. The van der Waals surface area contributed by atoms with E-state index in [2.05, 4.69) is 20.7 Å². The van der Waals surface area contributed by atoms with Crippen molar-refractivity contribution in [3.8, 4) is 22.8 Å². The first-order valence-electron chi connectivity index (χ1n) is 10.6. The zero-order valence-electron chi connectivity index (χ0n) is 18.4. The fraction of sp³-hybridized carbons (Fsp3) is 0.120. The molecule has 0 aliphatic carbocycles. The molecule has 4 aromatic rings. The van der Waals surface area contributed by atoms with Crippen LogP contribution in [0.2, 0.25) is 5.02 Å². The molecule has 9 heteroatoms. The molecular weight excluding hydrogens is 470 g/mol. The molecule has 0 fully saturated rings. The maximum Gasteiger partial charge on any atom is 0.250 e. The highest BCUT2D eigenvalue weighted by Gasteiger charge is 2.17. The Bertz CT molecular complexity index is 1260. The maximum atomic E-state index is 12.4. The number of rotatable bonds is 9. The number of aromatic nitrogens is 3. The summed E-state index contributed by atoms with van der Waals surface area (Å²) in [5, 5.41) is 14.0. The number of thioether (sulfide) groups is 1. The molecule has 7 nitrogen and oxygen atoms in total. The standard InChI is InChI=1S/C25H22ClN5O2S/c1-2-33-22-14-12-21(13-15-22)31-24(19-6-4-3-5-7-19)29-30-25(31)34-17-23(32)28-27-16-18-8-10-20(26)11-9-18/h3-16H,2,17H2,1H3,(H,28,32). The van der Waals surface area contributed by atoms with Gasteiger partial charge in [0.1, 0.15) is 5.75 Å². The first-order chi connectivity index (χ1) is 16.6. The Labute approximate surface area is 206 Å². The van der Waals surface area contributed by atoms with Crippen molar-refractivity contribution >= 4 is 35.5 Å². The zero-order chi connectivity index (χ0) is 23.8. The van der Waals surface area contributed by atoms with Crippen LogP contribution in [0.1, 0.15) is 12.5 Å². The van der Waals surface area contributed by atoms with E-state index in [-0.39, 0.29) is 11.7 Å². The zero-order valence-corrected chi connectivity index (χ0v) is 20.0. The van der Waals surface area contributed by atoms with Gasteiger partial charge in [-0.3, -0.25) is 9.36 Å². The number of nitrogens with zero attached hydrogens (tertiary/aromatic N) is 4. The minimum absolute atomic E-state index is 0.127. The monoisotopic (exact) mass is 491 g/mol. The van der Waals surface area contributed by atoms with E-state index in [1.54, 1.807) is 18.3 Å². The third kappa shape index (κ3) is 6.03. The molecule has 0 aliphatic heterocycles. The number of amides is 1. The topological polar surface area (TPSA) is 81.4 Å². The normalized spacial score (nSPS) is 11.0. The van der Waals surface area contributed by atoms with E-state index in [4.69, 9.17) is 16.3 Å². The lowest BCUT2D eigenvalue weighted by Gasteiger charge is -2.11. The number of halogens is 1. The van der Waals surface area contributed by atoms with Gasteiger partial charge >= 0.3 is 0 Å². The van der Waals surface area contributed by atoms with Gasteiger partial charge in [-0.2, -0.15) is 5.10 Å². The van der Waals surface area contributed by atoms with Crippen LogP contribution in [-0.4, -0.2) is 39.2 Å². The Hall–Kier alpha value is -3.62. The molecule has 172 valence electrons. The predicted octanol–water partition coefficient (Wildman–Crippen LogP) is 5.23. The van der Waals surface area contributed by atoms with Gasteiger partial charge in [0.25, 0.3) is 5.91 Å². The average Bonchev–Trinajstić information content (AvgIpc) is 3.29. The van der Waals surface area contributed by atoms with Crippen LogP contribution >= 0.6 is 23.4 Å². The van der Waals surface area contributed by atoms with Crippen molar-refractivity contribution in [2.45, 2.75) is 12.1 Å². The number of carbonyl (C=O) groups is 1. The summed E-state index contributed by atoms with van der Waals surface area (Å²) in [5.74, 6) is 1.35. The molecule has 0 atom stereocenters. The van der Waals surface area contributed by atoms with Crippen LogP contribution in [0.5, 0.6) is 5.75 Å². The number of nitrogens with one attached hydrogen (secondary N) is 1. The van der Waals surface area contributed by atoms with Crippen LogP contribution < -0.4 is 10.2 Å². The van der Waals surface area contributed by atoms with Crippen molar-refractivity contribution in [2.24, 2.45) is 5.10 Å². The first kappa shape index (κ1) is 23.5.